The Morgan fingerprint density at radius 2 is 1.90 bits per heavy atom. The molecule has 110 valence electrons. The standard InChI is InChI=1S/C17H18ClNO2/c1-11-10-13(18)8-9-14(11)17(21)19(3)12(2)15-6-4-5-7-16(15)20/h4-10,12,20H,1-3H3. The van der Waals surface area contributed by atoms with Crippen molar-refractivity contribution in [3.8, 4) is 5.75 Å². The van der Waals surface area contributed by atoms with Crippen molar-refractivity contribution in [2.24, 2.45) is 0 Å². The zero-order valence-corrected chi connectivity index (χ0v) is 13.1. The van der Waals surface area contributed by atoms with Crippen LogP contribution in [0.5, 0.6) is 5.75 Å². The van der Waals surface area contributed by atoms with E-state index in [1.807, 2.05) is 26.0 Å². The number of aromatic hydroxyl groups is 1. The Balaban J connectivity index is 2.29. The number of carbonyl (C=O) groups is 1. The summed E-state index contributed by atoms with van der Waals surface area (Å²) >= 11 is 5.92. The molecule has 1 atom stereocenters. The highest BCUT2D eigenvalue weighted by Crippen LogP contribution is 2.28. The highest BCUT2D eigenvalue weighted by molar-refractivity contribution is 6.30. The number of rotatable bonds is 3. The van der Waals surface area contributed by atoms with E-state index in [0.29, 0.717) is 10.6 Å². The first-order valence-corrected chi connectivity index (χ1v) is 7.11. The Morgan fingerprint density at radius 1 is 1.24 bits per heavy atom. The van der Waals surface area contributed by atoms with Gasteiger partial charge in [0.2, 0.25) is 0 Å². The first-order valence-electron chi connectivity index (χ1n) is 6.73. The van der Waals surface area contributed by atoms with E-state index in [-0.39, 0.29) is 17.7 Å². The molecule has 0 aliphatic rings. The molecule has 1 N–H and O–H groups in total. The number of amides is 1. The van der Waals surface area contributed by atoms with Crippen LogP contribution < -0.4 is 0 Å². The first-order chi connectivity index (χ1) is 9.91. The fourth-order valence-electron chi connectivity index (χ4n) is 2.28. The summed E-state index contributed by atoms with van der Waals surface area (Å²) in [6.07, 6.45) is 0. The van der Waals surface area contributed by atoms with Gasteiger partial charge >= 0.3 is 0 Å². The third kappa shape index (κ3) is 3.19. The van der Waals surface area contributed by atoms with Gasteiger partial charge in [-0.15, -0.1) is 0 Å². The minimum atomic E-state index is -0.228. The van der Waals surface area contributed by atoms with Crippen molar-refractivity contribution in [2.45, 2.75) is 19.9 Å². The fraction of sp³-hybridized carbons (Fsp3) is 0.235. The van der Waals surface area contributed by atoms with Crippen molar-refractivity contribution >= 4 is 17.5 Å². The molecule has 0 spiro atoms. The van der Waals surface area contributed by atoms with E-state index in [1.165, 1.54) is 0 Å². The predicted octanol–water partition coefficient (Wildman–Crippen LogP) is 4.19. The first kappa shape index (κ1) is 15.4. The minimum Gasteiger partial charge on any atom is -0.508 e. The lowest BCUT2D eigenvalue weighted by molar-refractivity contribution is 0.0740. The summed E-state index contributed by atoms with van der Waals surface area (Å²) in [5.74, 6) is 0.0948. The zero-order chi connectivity index (χ0) is 15.6. The van der Waals surface area contributed by atoms with E-state index in [2.05, 4.69) is 0 Å². The van der Waals surface area contributed by atoms with Gasteiger partial charge in [0.15, 0.2) is 0 Å². The Kier molecular flexibility index (Phi) is 4.53. The smallest absolute Gasteiger partial charge is 0.254 e. The number of benzene rings is 2. The summed E-state index contributed by atoms with van der Waals surface area (Å²) in [5, 5.41) is 10.5. The summed E-state index contributed by atoms with van der Waals surface area (Å²) in [7, 11) is 1.73. The van der Waals surface area contributed by atoms with Crippen LogP contribution in [-0.4, -0.2) is 23.0 Å². The maximum absolute atomic E-state index is 12.6. The van der Waals surface area contributed by atoms with Crippen LogP contribution in [0.4, 0.5) is 0 Å². The maximum Gasteiger partial charge on any atom is 0.254 e. The highest BCUT2D eigenvalue weighted by atomic mass is 35.5. The number of para-hydroxylation sites is 1. The average Bonchev–Trinajstić information content (AvgIpc) is 2.45. The molecule has 1 unspecified atom stereocenters. The second-order valence-corrected chi connectivity index (χ2v) is 5.55. The number of phenolic OH excluding ortho intramolecular Hbond substituents is 1. The van der Waals surface area contributed by atoms with Crippen LogP contribution in [0, 0.1) is 6.92 Å². The van der Waals surface area contributed by atoms with Gasteiger partial charge < -0.3 is 10.0 Å². The van der Waals surface area contributed by atoms with E-state index in [0.717, 1.165) is 11.1 Å². The molecule has 0 saturated heterocycles. The van der Waals surface area contributed by atoms with Crippen molar-refractivity contribution in [3.63, 3.8) is 0 Å². The van der Waals surface area contributed by atoms with Crippen molar-refractivity contribution in [1.82, 2.24) is 4.90 Å². The second-order valence-electron chi connectivity index (χ2n) is 5.11. The highest BCUT2D eigenvalue weighted by Gasteiger charge is 2.22. The third-order valence-electron chi connectivity index (χ3n) is 3.71. The van der Waals surface area contributed by atoms with Crippen molar-refractivity contribution in [3.05, 3.63) is 64.2 Å². The number of hydrogen-bond donors (Lipinski definition) is 1. The molecule has 0 aromatic heterocycles. The van der Waals surface area contributed by atoms with Gasteiger partial charge in [0.25, 0.3) is 5.91 Å². The average molecular weight is 304 g/mol. The molecule has 0 radical (unpaired) electrons. The van der Waals surface area contributed by atoms with Crippen LogP contribution in [-0.2, 0) is 0 Å². The monoisotopic (exact) mass is 303 g/mol. The Labute approximate surface area is 129 Å². The van der Waals surface area contributed by atoms with Crippen molar-refractivity contribution < 1.29 is 9.90 Å². The predicted molar refractivity (Wildman–Crippen MR) is 84.8 cm³/mol. The van der Waals surface area contributed by atoms with Gasteiger partial charge in [-0.3, -0.25) is 4.79 Å². The van der Waals surface area contributed by atoms with Gasteiger partial charge in [-0.25, -0.2) is 0 Å². The topological polar surface area (TPSA) is 40.5 Å². The normalized spacial score (nSPS) is 12.0. The van der Waals surface area contributed by atoms with Gasteiger partial charge in [0.05, 0.1) is 6.04 Å². The molecule has 3 nitrogen and oxygen atoms in total. The van der Waals surface area contributed by atoms with Gasteiger partial charge in [0, 0.05) is 23.2 Å². The lowest BCUT2D eigenvalue weighted by atomic mass is 10.0. The van der Waals surface area contributed by atoms with E-state index in [4.69, 9.17) is 11.6 Å². The Bertz CT molecular complexity index is 670. The van der Waals surface area contributed by atoms with E-state index < -0.39 is 0 Å². The molecule has 21 heavy (non-hydrogen) atoms. The number of aryl methyl sites for hydroxylation is 1. The molecule has 0 heterocycles. The molecular formula is C17H18ClNO2. The number of nitrogens with zero attached hydrogens (tertiary/aromatic N) is 1. The molecule has 1 amide bonds. The molecule has 0 aliphatic heterocycles. The van der Waals surface area contributed by atoms with Gasteiger partial charge in [-0.2, -0.15) is 0 Å². The van der Waals surface area contributed by atoms with Crippen LogP contribution in [0.3, 0.4) is 0 Å². The van der Waals surface area contributed by atoms with Crippen LogP contribution in [0.2, 0.25) is 5.02 Å². The largest absolute Gasteiger partial charge is 0.508 e. The molecule has 0 fully saturated rings. The molecule has 2 aromatic carbocycles. The summed E-state index contributed by atoms with van der Waals surface area (Å²) < 4.78 is 0. The molecule has 4 heteroatoms. The third-order valence-corrected chi connectivity index (χ3v) is 3.94. The SMILES string of the molecule is Cc1cc(Cl)ccc1C(=O)N(C)C(C)c1ccccc1O. The molecular weight excluding hydrogens is 286 g/mol. The van der Waals surface area contributed by atoms with Crippen molar-refractivity contribution in [2.75, 3.05) is 7.05 Å². The van der Waals surface area contributed by atoms with Crippen molar-refractivity contribution in [1.29, 1.82) is 0 Å². The zero-order valence-electron chi connectivity index (χ0n) is 12.3. The molecule has 0 saturated carbocycles. The fourth-order valence-corrected chi connectivity index (χ4v) is 2.51. The van der Waals surface area contributed by atoms with E-state index in [9.17, 15) is 9.90 Å². The lowest BCUT2D eigenvalue weighted by Crippen LogP contribution is -2.30. The van der Waals surface area contributed by atoms with Crippen LogP contribution >= 0.6 is 11.6 Å². The Hall–Kier alpha value is -2.00. The van der Waals surface area contributed by atoms with Crippen LogP contribution in [0.25, 0.3) is 0 Å². The summed E-state index contributed by atoms with van der Waals surface area (Å²) in [6, 6.07) is 12.0. The quantitative estimate of drug-likeness (QED) is 0.923. The van der Waals surface area contributed by atoms with E-state index in [1.54, 1.807) is 42.3 Å². The maximum atomic E-state index is 12.6. The molecule has 2 aromatic rings. The van der Waals surface area contributed by atoms with E-state index >= 15 is 0 Å². The number of carbonyl (C=O) groups excluding carboxylic acids is 1. The molecule has 0 aliphatic carbocycles. The number of hydrogen-bond acceptors (Lipinski definition) is 2. The lowest BCUT2D eigenvalue weighted by Gasteiger charge is -2.26. The summed E-state index contributed by atoms with van der Waals surface area (Å²) in [4.78, 5) is 14.2. The number of halogens is 1. The molecule has 2 rings (SSSR count). The number of phenols is 1. The van der Waals surface area contributed by atoms with Crippen LogP contribution in [0.15, 0.2) is 42.5 Å². The Morgan fingerprint density at radius 3 is 2.52 bits per heavy atom. The van der Waals surface area contributed by atoms with Crippen LogP contribution in [0.1, 0.15) is 34.5 Å². The van der Waals surface area contributed by atoms with Gasteiger partial charge in [-0.05, 0) is 43.7 Å². The van der Waals surface area contributed by atoms with Gasteiger partial charge in [0.1, 0.15) is 5.75 Å². The van der Waals surface area contributed by atoms with Gasteiger partial charge in [-0.1, -0.05) is 29.8 Å². The minimum absolute atomic E-state index is 0.0973. The summed E-state index contributed by atoms with van der Waals surface area (Å²) in [6.45, 7) is 3.75. The summed E-state index contributed by atoms with van der Waals surface area (Å²) in [5.41, 5.74) is 2.17. The second kappa shape index (κ2) is 6.19. The molecule has 0 bridgehead atoms.